The molecule has 0 bridgehead atoms. The van der Waals surface area contributed by atoms with E-state index in [9.17, 15) is 9.59 Å². The minimum absolute atomic E-state index is 0.0759. The van der Waals surface area contributed by atoms with Gasteiger partial charge in [0.25, 0.3) is 0 Å². The molecule has 0 saturated heterocycles. The molecule has 1 saturated carbocycles. The first-order valence-corrected chi connectivity index (χ1v) is 6.87. The van der Waals surface area contributed by atoms with E-state index in [0.717, 1.165) is 31.4 Å². The monoisotopic (exact) mass is 258 g/mol. The third-order valence-electron chi connectivity index (χ3n) is 4.34. The molecule has 0 spiro atoms. The van der Waals surface area contributed by atoms with Crippen molar-refractivity contribution in [3.63, 3.8) is 0 Å². The summed E-state index contributed by atoms with van der Waals surface area (Å²) in [5, 5.41) is 2.91. The van der Waals surface area contributed by atoms with Gasteiger partial charge in [0.1, 0.15) is 0 Å². The standard InChI is InChI=1S/C15H18N2O2/c16-14(18)12-6-7-13(12)15(19)17-11-5-4-9-2-1-3-10(9)8-11/h4-5,8,12-13H,1-3,6-7H2,(H2,16,18)(H,17,19)/t12-,13-/m1/s1. The van der Waals surface area contributed by atoms with Gasteiger partial charge in [-0.1, -0.05) is 6.07 Å². The Morgan fingerprint density at radius 2 is 1.84 bits per heavy atom. The van der Waals surface area contributed by atoms with Crippen LogP contribution in [0.4, 0.5) is 5.69 Å². The average molecular weight is 258 g/mol. The van der Waals surface area contributed by atoms with Crippen LogP contribution in [0, 0.1) is 11.8 Å². The van der Waals surface area contributed by atoms with Crippen LogP contribution in [0.5, 0.6) is 0 Å². The smallest absolute Gasteiger partial charge is 0.228 e. The summed E-state index contributed by atoms with van der Waals surface area (Å²) in [5.41, 5.74) is 8.83. The van der Waals surface area contributed by atoms with Crippen LogP contribution in [0.2, 0.25) is 0 Å². The molecule has 2 aliphatic carbocycles. The van der Waals surface area contributed by atoms with Crippen LogP contribution >= 0.6 is 0 Å². The summed E-state index contributed by atoms with van der Waals surface area (Å²) in [4.78, 5) is 23.2. The minimum Gasteiger partial charge on any atom is -0.369 e. The first-order chi connectivity index (χ1) is 9.15. The fourth-order valence-electron chi connectivity index (χ4n) is 3.04. The molecule has 1 aromatic carbocycles. The number of nitrogens with two attached hydrogens (primary N) is 1. The largest absolute Gasteiger partial charge is 0.369 e. The van der Waals surface area contributed by atoms with E-state index in [2.05, 4.69) is 17.4 Å². The molecule has 19 heavy (non-hydrogen) atoms. The molecule has 4 heteroatoms. The van der Waals surface area contributed by atoms with E-state index in [1.165, 1.54) is 17.5 Å². The lowest BCUT2D eigenvalue weighted by Crippen LogP contribution is -2.43. The second-order valence-electron chi connectivity index (χ2n) is 5.52. The SMILES string of the molecule is NC(=O)[C@@H]1CC[C@H]1C(=O)Nc1ccc2c(c1)CCC2. The Kier molecular flexibility index (Phi) is 3.01. The highest BCUT2D eigenvalue weighted by Gasteiger charge is 2.40. The summed E-state index contributed by atoms with van der Waals surface area (Å²) in [6.07, 6.45) is 4.91. The number of fused-ring (bicyclic) bond motifs is 1. The summed E-state index contributed by atoms with van der Waals surface area (Å²) in [6.45, 7) is 0. The summed E-state index contributed by atoms with van der Waals surface area (Å²) in [6, 6.07) is 6.09. The Morgan fingerprint density at radius 3 is 2.53 bits per heavy atom. The lowest BCUT2D eigenvalue weighted by atomic mass is 9.72. The van der Waals surface area contributed by atoms with Gasteiger partial charge >= 0.3 is 0 Å². The number of benzene rings is 1. The number of anilines is 1. The fourth-order valence-corrected chi connectivity index (χ4v) is 3.04. The number of hydrogen-bond acceptors (Lipinski definition) is 2. The van der Waals surface area contributed by atoms with Gasteiger partial charge in [-0.15, -0.1) is 0 Å². The van der Waals surface area contributed by atoms with Crippen molar-refractivity contribution in [3.8, 4) is 0 Å². The fraction of sp³-hybridized carbons (Fsp3) is 0.467. The molecule has 2 aliphatic rings. The third kappa shape index (κ3) is 2.23. The van der Waals surface area contributed by atoms with Crippen molar-refractivity contribution in [2.75, 3.05) is 5.32 Å². The van der Waals surface area contributed by atoms with Crippen LogP contribution in [0.15, 0.2) is 18.2 Å². The summed E-state index contributed by atoms with van der Waals surface area (Å²) in [5.74, 6) is -0.964. The van der Waals surface area contributed by atoms with Crippen molar-refractivity contribution in [1.29, 1.82) is 0 Å². The topological polar surface area (TPSA) is 72.2 Å². The highest BCUT2D eigenvalue weighted by Crippen LogP contribution is 2.35. The van der Waals surface area contributed by atoms with Crippen molar-refractivity contribution >= 4 is 17.5 Å². The zero-order valence-corrected chi connectivity index (χ0v) is 10.8. The van der Waals surface area contributed by atoms with Gasteiger partial charge in [0.2, 0.25) is 11.8 Å². The van der Waals surface area contributed by atoms with Gasteiger partial charge in [-0.2, -0.15) is 0 Å². The van der Waals surface area contributed by atoms with Crippen molar-refractivity contribution in [1.82, 2.24) is 0 Å². The number of hydrogen-bond donors (Lipinski definition) is 2. The highest BCUT2D eigenvalue weighted by molar-refractivity contribution is 5.97. The van der Waals surface area contributed by atoms with E-state index in [1.807, 2.05) is 6.07 Å². The molecule has 100 valence electrons. The van der Waals surface area contributed by atoms with E-state index in [0.29, 0.717) is 0 Å². The molecule has 0 aliphatic heterocycles. The lowest BCUT2D eigenvalue weighted by molar-refractivity contribution is -0.135. The van der Waals surface area contributed by atoms with Gasteiger partial charge < -0.3 is 11.1 Å². The third-order valence-corrected chi connectivity index (χ3v) is 4.34. The maximum Gasteiger partial charge on any atom is 0.228 e. The number of aryl methyl sites for hydroxylation is 2. The molecule has 3 rings (SSSR count). The first kappa shape index (κ1) is 12.2. The Balaban J connectivity index is 1.68. The quantitative estimate of drug-likeness (QED) is 0.864. The van der Waals surface area contributed by atoms with Crippen LogP contribution in [0.1, 0.15) is 30.4 Å². The molecular weight excluding hydrogens is 240 g/mol. The number of carbonyl (C=O) groups excluding carboxylic acids is 2. The van der Waals surface area contributed by atoms with Crippen LogP contribution in [-0.2, 0) is 22.4 Å². The van der Waals surface area contributed by atoms with Gasteiger partial charge in [0, 0.05) is 17.5 Å². The molecule has 0 unspecified atom stereocenters. The second-order valence-corrected chi connectivity index (χ2v) is 5.52. The van der Waals surface area contributed by atoms with Gasteiger partial charge in [0.15, 0.2) is 0 Å². The Bertz CT molecular complexity index is 539. The van der Waals surface area contributed by atoms with Gasteiger partial charge in [0.05, 0.1) is 0 Å². The maximum absolute atomic E-state index is 12.1. The minimum atomic E-state index is -0.361. The molecule has 0 aromatic heterocycles. The number of rotatable bonds is 3. The Labute approximate surface area is 112 Å². The van der Waals surface area contributed by atoms with E-state index in [-0.39, 0.29) is 23.7 Å². The molecule has 2 atom stereocenters. The molecule has 0 heterocycles. The predicted molar refractivity (Wildman–Crippen MR) is 72.5 cm³/mol. The van der Waals surface area contributed by atoms with Crippen LogP contribution in [0.25, 0.3) is 0 Å². The van der Waals surface area contributed by atoms with E-state index in [4.69, 9.17) is 5.73 Å². The van der Waals surface area contributed by atoms with Gasteiger partial charge in [-0.05, 0) is 55.4 Å². The number of nitrogens with one attached hydrogen (secondary N) is 1. The average Bonchev–Trinajstić information content (AvgIpc) is 2.73. The Hall–Kier alpha value is -1.84. The van der Waals surface area contributed by atoms with Crippen molar-refractivity contribution in [2.45, 2.75) is 32.1 Å². The normalized spacial score (nSPS) is 24.4. The zero-order valence-electron chi connectivity index (χ0n) is 10.8. The molecule has 4 nitrogen and oxygen atoms in total. The predicted octanol–water partition coefficient (Wildman–Crippen LogP) is 1.63. The van der Waals surface area contributed by atoms with Crippen molar-refractivity contribution < 1.29 is 9.59 Å². The molecule has 1 aromatic rings. The molecule has 0 radical (unpaired) electrons. The second kappa shape index (κ2) is 4.68. The van der Waals surface area contributed by atoms with Crippen LogP contribution < -0.4 is 11.1 Å². The summed E-state index contributed by atoms with van der Waals surface area (Å²) in [7, 11) is 0. The van der Waals surface area contributed by atoms with Gasteiger partial charge in [-0.25, -0.2) is 0 Å². The summed E-state index contributed by atoms with van der Waals surface area (Å²) >= 11 is 0. The first-order valence-electron chi connectivity index (χ1n) is 6.87. The highest BCUT2D eigenvalue weighted by atomic mass is 16.2. The Morgan fingerprint density at radius 1 is 1.11 bits per heavy atom. The van der Waals surface area contributed by atoms with Crippen LogP contribution in [0.3, 0.4) is 0 Å². The van der Waals surface area contributed by atoms with Crippen LogP contribution in [-0.4, -0.2) is 11.8 Å². The van der Waals surface area contributed by atoms with E-state index < -0.39 is 0 Å². The zero-order chi connectivity index (χ0) is 13.4. The van der Waals surface area contributed by atoms with Gasteiger partial charge in [-0.3, -0.25) is 9.59 Å². The molecule has 2 amide bonds. The maximum atomic E-state index is 12.1. The molecular formula is C15H18N2O2. The van der Waals surface area contributed by atoms with E-state index >= 15 is 0 Å². The molecule has 3 N–H and O–H groups in total. The molecule has 1 fully saturated rings. The lowest BCUT2D eigenvalue weighted by Gasteiger charge is -2.32. The van der Waals surface area contributed by atoms with E-state index in [1.54, 1.807) is 0 Å². The van der Waals surface area contributed by atoms with Crippen molar-refractivity contribution in [2.24, 2.45) is 17.6 Å². The summed E-state index contributed by atoms with van der Waals surface area (Å²) < 4.78 is 0. The number of amides is 2. The number of carbonyl (C=O) groups is 2. The number of primary amides is 1. The van der Waals surface area contributed by atoms with Crippen molar-refractivity contribution in [3.05, 3.63) is 29.3 Å².